The summed E-state index contributed by atoms with van der Waals surface area (Å²) < 4.78 is 56.6. The predicted molar refractivity (Wildman–Crippen MR) is 98.4 cm³/mol. The van der Waals surface area contributed by atoms with Crippen molar-refractivity contribution in [3.63, 3.8) is 0 Å². The first kappa shape index (κ1) is 19.8. The number of carbonyl (C=O) groups is 1. The van der Waals surface area contributed by atoms with Crippen LogP contribution < -0.4 is 10.5 Å². The Morgan fingerprint density at radius 2 is 1.83 bits per heavy atom. The Morgan fingerprint density at radius 1 is 1.24 bits per heavy atom. The van der Waals surface area contributed by atoms with E-state index in [9.17, 15) is 22.2 Å². The maximum Gasteiger partial charge on any atom is 0.354 e. The van der Waals surface area contributed by atoms with Crippen LogP contribution in [-0.4, -0.2) is 25.0 Å². The lowest BCUT2D eigenvalue weighted by atomic mass is 10.1. The molecule has 0 radical (unpaired) electrons. The van der Waals surface area contributed by atoms with Crippen molar-refractivity contribution in [2.24, 2.45) is 9.50 Å². The number of urea groups is 1. The molecule has 0 fully saturated rings. The standard InChI is InChI=1S/C17H19F3N6O2S/c1-17(19,20)26-8-11(18)15(24-26)29(21,28)25-16(27)23-14-9-4-2-6-12(9)22-13-7-3-5-10(13)14/h8H,2-7H2,1H3,(H3,21,22,23,25,27,28). The van der Waals surface area contributed by atoms with Crippen LogP contribution in [-0.2, 0) is 41.6 Å². The smallest absolute Gasteiger partial charge is 0.305 e. The minimum atomic E-state index is -4.17. The van der Waals surface area contributed by atoms with E-state index >= 15 is 0 Å². The van der Waals surface area contributed by atoms with Crippen LogP contribution in [0.3, 0.4) is 0 Å². The molecule has 0 bridgehead atoms. The highest BCUT2D eigenvalue weighted by molar-refractivity contribution is 7.91. The van der Waals surface area contributed by atoms with Crippen molar-refractivity contribution >= 4 is 21.6 Å². The lowest BCUT2D eigenvalue weighted by Gasteiger charge is -2.14. The summed E-state index contributed by atoms with van der Waals surface area (Å²) in [5, 5.41) is 10.4. The summed E-state index contributed by atoms with van der Waals surface area (Å²) in [4.78, 5) is 17.1. The molecule has 0 saturated carbocycles. The molecule has 0 saturated heterocycles. The molecule has 1 atom stereocenters. The summed E-state index contributed by atoms with van der Waals surface area (Å²) in [7, 11) is -4.17. The topological polar surface area (TPSA) is 115 Å². The van der Waals surface area contributed by atoms with Gasteiger partial charge in [0.1, 0.15) is 0 Å². The number of hydrogen-bond acceptors (Lipinski definition) is 4. The van der Waals surface area contributed by atoms with Crippen molar-refractivity contribution in [3.05, 3.63) is 34.5 Å². The van der Waals surface area contributed by atoms with Gasteiger partial charge in [0.2, 0.25) is 5.03 Å². The van der Waals surface area contributed by atoms with Gasteiger partial charge in [0.25, 0.3) is 0 Å². The second kappa shape index (κ2) is 6.80. The number of rotatable bonds is 3. The third kappa shape index (κ3) is 3.62. The van der Waals surface area contributed by atoms with Gasteiger partial charge in [-0.3, -0.25) is 4.98 Å². The SMILES string of the molecule is CC(F)(F)n1cc(F)c(S(N)(=O)=NC(=O)Nc2c3c(nc4c2CCC4)CCC3)n1. The Bertz CT molecular complexity index is 1100. The first-order chi connectivity index (χ1) is 13.6. The quantitative estimate of drug-likeness (QED) is 0.782. The second-order valence-electron chi connectivity index (χ2n) is 7.20. The monoisotopic (exact) mass is 428 g/mol. The molecule has 0 spiro atoms. The van der Waals surface area contributed by atoms with Gasteiger partial charge in [-0.2, -0.15) is 13.9 Å². The van der Waals surface area contributed by atoms with Crippen molar-refractivity contribution in [2.45, 2.75) is 56.5 Å². The highest BCUT2D eigenvalue weighted by Gasteiger charge is 2.31. The van der Waals surface area contributed by atoms with Gasteiger partial charge in [0.05, 0.1) is 11.9 Å². The maximum atomic E-state index is 14.0. The molecule has 2 amide bonds. The van der Waals surface area contributed by atoms with Crippen LogP contribution in [0.2, 0.25) is 0 Å². The molecule has 1 unspecified atom stereocenters. The minimum Gasteiger partial charge on any atom is -0.305 e. The summed E-state index contributed by atoms with van der Waals surface area (Å²) in [6, 6.07) is -4.58. The molecule has 8 nitrogen and oxygen atoms in total. The van der Waals surface area contributed by atoms with E-state index in [1.54, 1.807) is 0 Å². The molecular formula is C17H19F3N6O2S. The summed E-state index contributed by atoms with van der Waals surface area (Å²) in [6.45, 7) is 0.482. The van der Waals surface area contributed by atoms with Gasteiger partial charge in [0, 0.05) is 18.3 Å². The first-order valence-electron chi connectivity index (χ1n) is 9.09. The largest absolute Gasteiger partial charge is 0.354 e. The summed E-state index contributed by atoms with van der Waals surface area (Å²) in [6.07, 6.45) is 5.29. The molecule has 0 aliphatic heterocycles. The van der Waals surface area contributed by atoms with Crippen LogP contribution in [0.4, 0.5) is 23.7 Å². The van der Waals surface area contributed by atoms with Crippen LogP contribution in [0, 0.1) is 5.82 Å². The lowest BCUT2D eigenvalue weighted by molar-refractivity contribution is -0.0733. The van der Waals surface area contributed by atoms with E-state index < -0.39 is 32.8 Å². The minimum absolute atomic E-state index is 0.0137. The number of aryl methyl sites for hydroxylation is 2. The second-order valence-corrected chi connectivity index (χ2v) is 8.91. The predicted octanol–water partition coefficient (Wildman–Crippen LogP) is 2.90. The fraction of sp³-hybridized carbons (Fsp3) is 0.471. The maximum absolute atomic E-state index is 14.0. The number of carbonyl (C=O) groups excluding carboxylic acids is 1. The Morgan fingerprint density at radius 3 is 2.34 bits per heavy atom. The molecule has 3 N–H and O–H groups in total. The van der Waals surface area contributed by atoms with Crippen LogP contribution >= 0.6 is 0 Å². The fourth-order valence-corrected chi connectivity index (χ4v) is 4.68. The van der Waals surface area contributed by atoms with Crippen LogP contribution in [0.15, 0.2) is 15.6 Å². The zero-order valence-electron chi connectivity index (χ0n) is 15.5. The third-order valence-electron chi connectivity index (χ3n) is 5.02. The van der Waals surface area contributed by atoms with Crippen molar-refractivity contribution in [1.82, 2.24) is 14.8 Å². The highest BCUT2D eigenvalue weighted by atomic mass is 32.2. The van der Waals surface area contributed by atoms with Crippen molar-refractivity contribution in [1.29, 1.82) is 0 Å². The Balaban J connectivity index is 1.68. The molecule has 156 valence electrons. The van der Waals surface area contributed by atoms with Gasteiger partial charge < -0.3 is 5.32 Å². The Hall–Kier alpha value is -2.47. The van der Waals surface area contributed by atoms with Crippen molar-refractivity contribution in [3.8, 4) is 0 Å². The Kier molecular flexibility index (Phi) is 4.65. The molecule has 2 aromatic rings. The lowest BCUT2D eigenvalue weighted by Crippen LogP contribution is -2.22. The van der Waals surface area contributed by atoms with Gasteiger partial charge in [-0.15, -0.1) is 4.36 Å². The van der Waals surface area contributed by atoms with Gasteiger partial charge in [-0.1, -0.05) is 0 Å². The number of alkyl halides is 2. The molecule has 2 aromatic heterocycles. The molecular weight excluding hydrogens is 409 g/mol. The van der Waals surface area contributed by atoms with Gasteiger partial charge in [0.15, 0.2) is 15.7 Å². The van der Waals surface area contributed by atoms with Crippen LogP contribution in [0.5, 0.6) is 0 Å². The number of amides is 2. The molecule has 29 heavy (non-hydrogen) atoms. The number of fused-ring (bicyclic) bond motifs is 2. The van der Waals surface area contributed by atoms with E-state index in [1.807, 2.05) is 0 Å². The molecule has 12 heteroatoms. The van der Waals surface area contributed by atoms with Gasteiger partial charge in [-0.25, -0.2) is 23.2 Å². The number of aromatic nitrogens is 3. The van der Waals surface area contributed by atoms with E-state index in [0.717, 1.165) is 61.0 Å². The summed E-state index contributed by atoms with van der Waals surface area (Å²) in [5.41, 5.74) is 4.27. The highest BCUT2D eigenvalue weighted by Crippen LogP contribution is 2.36. The van der Waals surface area contributed by atoms with Crippen molar-refractivity contribution in [2.75, 3.05) is 5.32 Å². The van der Waals surface area contributed by atoms with E-state index in [4.69, 9.17) is 5.14 Å². The van der Waals surface area contributed by atoms with Crippen molar-refractivity contribution < 1.29 is 22.2 Å². The number of halogens is 3. The third-order valence-corrected chi connectivity index (χ3v) is 6.29. The van der Waals surface area contributed by atoms with Gasteiger partial charge in [-0.05, 0) is 49.7 Å². The average Bonchev–Trinajstić information content (AvgIpc) is 3.31. The van der Waals surface area contributed by atoms with E-state index in [-0.39, 0.29) is 4.68 Å². The zero-order chi connectivity index (χ0) is 21.0. The number of nitrogens with zero attached hydrogens (tertiary/aromatic N) is 4. The van der Waals surface area contributed by atoms with Gasteiger partial charge >= 0.3 is 12.1 Å². The normalized spacial score (nSPS) is 17.6. The molecule has 2 aliphatic rings. The van der Waals surface area contributed by atoms with E-state index in [1.165, 1.54) is 0 Å². The Labute approximate surface area is 165 Å². The summed E-state index contributed by atoms with van der Waals surface area (Å²) in [5.74, 6) is -1.33. The molecule has 4 rings (SSSR count). The number of nitrogens with two attached hydrogens (primary N) is 1. The average molecular weight is 428 g/mol. The fourth-order valence-electron chi connectivity index (χ4n) is 3.77. The van der Waals surface area contributed by atoms with E-state index in [0.29, 0.717) is 18.8 Å². The van der Waals surface area contributed by atoms with Crippen LogP contribution in [0.1, 0.15) is 42.3 Å². The van der Waals surface area contributed by atoms with E-state index in [2.05, 4.69) is 19.8 Å². The first-order valence-corrected chi connectivity index (χ1v) is 10.7. The number of nitrogens with one attached hydrogen (secondary N) is 1. The number of anilines is 1. The molecule has 2 aliphatic carbocycles. The zero-order valence-corrected chi connectivity index (χ0v) is 16.4. The number of pyridine rings is 1. The molecule has 2 heterocycles. The van der Waals surface area contributed by atoms with Crippen LogP contribution in [0.25, 0.3) is 0 Å². The summed E-state index contributed by atoms with van der Waals surface area (Å²) >= 11 is 0. The molecule has 0 aromatic carbocycles. The number of hydrogen-bond donors (Lipinski definition) is 2.